The molecule has 2 nitrogen and oxygen atoms in total. The van der Waals surface area contributed by atoms with Crippen LogP contribution in [0.5, 0.6) is 5.75 Å². The molecule has 0 spiro atoms. The fraction of sp³-hybridized carbons (Fsp3) is 0.273. The number of hydrogen-bond donors (Lipinski definition) is 1. The molecule has 0 atom stereocenters. The molecule has 0 saturated carbocycles. The summed E-state index contributed by atoms with van der Waals surface area (Å²) in [4.78, 5) is 0. The number of nitrogens with two attached hydrogens (primary N) is 1. The molecule has 1 aliphatic rings. The number of hydrogen-bond acceptors (Lipinski definition) is 2. The first-order chi connectivity index (χ1) is 7.19. The number of fused-ring (bicyclic) bond motifs is 1. The molecule has 2 N–H and O–H groups in total. The average molecular weight is 211 g/mol. The lowest BCUT2D eigenvalue weighted by atomic mass is 10.0. The fourth-order valence-electron chi connectivity index (χ4n) is 1.46. The van der Waals surface area contributed by atoms with E-state index in [1.807, 2.05) is 0 Å². The second-order valence-electron chi connectivity index (χ2n) is 3.56. The zero-order valence-electron chi connectivity index (χ0n) is 8.04. The van der Waals surface area contributed by atoms with Crippen molar-refractivity contribution < 1.29 is 13.5 Å². The molecule has 0 unspecified atom stereocenters. The molecular formula is C11H11F2NO. The van der Waals surface area contributed by atoms with E-state index in [4.69, 9.17) is 10.5 Å². The largest absolute Gasteiger partial charge is 0.477 e. The SMILES string of the molecule is Nc1ccc2c(c1)C=CC(CF)(CF)O2. The van der Waals surface area contributed by atoms with Crippen molar-refractivity contribution in [3.63, 3.8) is 0 Å². The van der Waals surface area contributed by atoms with E-state index in [-0.39, 0.29) is 0 Å². The molecule has 0 saturated heterocycles. The van der Waals surface area contributed by atoms with Gasteiger partial charge in [0.05, 0.1) is 0 Å². The van der Waals surface area contributed by atoms with Crippen molar-refractivity contribution in [2.75, 3.05) is 19.1 Å². The first-order valence-electron chi connectivity index (χ1n) is 4.59. The van der Waals surface area contributed by atoms with Crippen LogP contribution in [-0.2, 0) is 0 Å². The third kappa shape index (κ3) is 1.67. The second-order valence-corrected chi connectivity index (χ2v) is 3.56. The number of ether oxygens (including phenoxy) is 1. The van der Waals surface area contributed by atoms with Crippen LogP contribution in [-0.4, -0.2) is 19.0 Å². The molecule has 1 heterocycles. The Labute approximate surface area is 86.3 Å². The van der Waals surface area contributed by atoms with E-state index >= 15 is 0 Å². The molecule has 4 heteroatoms. The predicted molar refractivity (Wildman–Crippen MR) is 55.2 cm³/mol. The van der Waals surface area contributed by atoms with E-state index in [0.29, 0.717) is 11.4 Å². The number of nitrogen functional groups attached to an aromatic ring is 1. The van der Waals surface area contributed by atoms with E-state index in [2.05, 4.69) is 0 Å². The standard InChI is InChI=1S/C11H11F2NO/c12-6-11(7-13)4-3-8-5-9(14)1-2-10(8)15-11/h1-5H,6-7,14H2. The van der Waals surface area contributed by atoms with E-state index in [1.54, 1.807) is 24.3 Å². The van der Waals surface area contributed by atoms with E-state index in [9.17, 15) is 8.78 Å². The Balaban J connectivity index is 2.39. The molecule has 80 valence electrons. The molecular weight excluding hydrogens is 200 g/mol. The van der Waals surface area contributed by atoms with Gasteiger partial charge in [-0.25, -0.2) is 8.78 Å². The Morgan fingerprint density at radius 2 is 2.00 bits per heavy atom. The van der Waals surface area contributed by atoms with Crippen LogP contribution in [0.1, 0.15) is 5.56 Å². The number of anilines is 1. The van der Waals surface area contributed by atoms with Gasteiger partial charge in [-0.2, -0.15) is 0 Å². The summed E-state index contributed by atoms with van der Waals surface area (Å²) in [5.41, 5.74) is 5.46. The van der Waals surface area contributed by atoms with E-state index < -0.39 is 19.0 Å². The molecule has 0 bridgehead atoms. The van der Waals surface area contributed by atoms with Crippen molar-refractivity contribution in [2.45, 2.75) is 5.60 Å². The van der Waals surface area contributed by atoms with Crippen molar-refractivity contribution in [2.24, 2.45) is 0 Å². The highest BCUT2D eigenvalue weighted by Gasteiger charge is 2.33. The molecule has 0 radical (unpaired) electrons. The minimum atomic E-state index is -1.46. The van der Waals surface area contributed by atoms with Crippen LogP contribution < -0.4 is 10.5 Å². The lowest BCUT2D eigenvalue weighted by molar-refractivity contribution is 0.0599. The molecule has 0 amide bonds. The van der Waals surface area contributed by atoms with Gasteiger partial charge in [-0.15, -0.1) is 0 Å². The summed E-state index contributed by atoms with van der Waals surface area (Å²) in [5, 5.41) is 0. The number of rotatable bonds is 2. The van der Waals surface area contributed by atoms with Gasteiger partial charge < -0.3 is 10.5 Å². The van der Waals surface area contributed by atoms with Gasteiger partial charge in [-0.1, -0.05) is 6.08 Å². The second kappa shape index (κ2) is 3.53. The Hall–Kier alpha value is -1.58. The molecule has 15 heavy (non-hydrogen) atoms. The normalized spacial score (nSPS) is 16.9. The van der Waals surface area contributed by atoms with Gasteiger partial charge in [0.15, 0.2) is 5.60 Å². The maximum Gasteiger partial charge on any atom is 0.184 e. The Bertz CT molecular complexity index is 400. The quantitative estimate of drug-likeness (QED) is 0.762. The van der Waals surface area contributed by atoms with Crippen molar-refractivity contribution >= 4 is 11.8 Å². The van der Waals surface area contributed by atoms with Gasteiger partial charge >= 0.3 is 0 Å². The van der Waals surface area contributed by atoms with Gasteiger partial charge in [0, 0.05) is 11.3 Å². The number of benzene rings is 1. The maximum atomic E-state index is 12.7. The number of halogens is 2. The monoisotopic (exact) mass is 211 g/mol. The first kappa shape index (κ1) is 9.96. The van der Waals surface area contributed by atoms with Crippen LogP contribution in [0.25, 0.3) is 6.08 Å². The molecule has 0 aromatic heterocycles. The number of alkyl halides is 2. The van der Waals surface area contributed by atoms with Crippen LogP contribution in [0.15, 0.2) is 24.3 Å². The highest BCUT2D eigenvalue weighted by molar-refractivity contribution is 5.65. The Morgan fingerprint density at radius 1 is 1.27 bits per heavy atom. The third-order valence-corrected chi connectivity index (χ3v) is 2.37. The van der Waals surface area contributed by atoms with Crippen LogP contribution in [0.2, 0.25) is 0 Å². The lowest BCUT2D eigenvalue weighted by Gasteiger charge is -2.30. The summed E-state index contributed by atoms with van der Waals surface area (Å²) in [6.45, 7) is -1.77. The summed E-state index contributed by atoms with van der Waals surface area (Å²) in [5.74, 6) is 0.460. The van der Waals surface area contributed by atoms with Crippen molar-refractivity contribution in [3.05, 3.63) is 29.8 Å². The van der Waals surface area contributed by atoms with Gasteiger partial charge in [-0.3, -0.25) is 0 Å². The van der Waals surface area contributed by atoms with Gasteiger partial charge in [-0.05, 0) is 24.3 Å². The highest BCUT2D eigenvalue weighted by atomic mass is 19.1. The van der Waals surface area contributed by atoms with Crippen LogP contribution in [0, 0.1) is 0 Å². The molecule has 1 aliphatic heterocycles. The summed E-state index contributed by atoms with van der Waals surface area (Å²) in [6.07, 6.45) is 3.03. The Morgan fingerprint density at radius 3 is 2.67 bits per heavy atom. The average Bonchev–Trinajstić information content (AvgIpc) is 2.28. The van der Waals surface area contributed by atoms with Crippen LogP contribution >= 0.6 is 0 Å². The molecule has 0 fully saturated rings. The minimum Gasteiger partial charge on any atom is -0.477 e. The van der Waals surface area contributed by atoms with Crippen molar-refractivity contribution in [1.82, 2.24) is 0 Å². The fourth-order valence-corrected chi connectivity index (χ4v) is 1.46. The summed E-state index contributed by atoms with van der Waals surface area (Å²) in [6, 6.07) is 4.96. The van der Waals surface area contributed by atoms with Crippen LogP contribution in [0.3, 0.4) is 0 Å². The van der Waals surface area contributed by atoms with Crippen molar-refractivity contribution in [3.8, 4) is 5.75 Å². The third-order valence-electron chi connectivity index (χ3n) is 2.37. The summed E-state index contributed by atoms with van der Waals surface area (Å²) >= 11 is 0. The Kier molecular flexibility index (Phi) is 2.34. The zero-order chi connectivity index (χ0) is 10.9. The highest BCUT2D eigenvalue weighted by Crippen LogP contribution is 2.32. The molecule has 1 aromatic rings. The first-order valence-corrected chi connectivity index (χ1v) is 4.59. The zero-order valence-corrected chi connectivity index (χ0v) is 8.04. The van der Waals surface area contributed by atoms with Crippen molar-refractivity contribution in [1.29, 1.82) is 0 Å². The van der Waals surface area contributed by atoms with Gasteiger partial charge in [0.2, 0.25) is 0 Å². The van der Waals surface area contributed by atoms with E-state index in [1.165, 1.54) is 6.08 Å². The smallest absolute Gasteiger partial charge is 0.184 e. The maximum absolute atomic E-state index is 12.7. The topological polar surface area (TPSA) is 35.2 Å². The molecule has 2 rings (SSSR count). The lowest BCUT2D eigenvalue weighted by Crippen LogP contribution is -2.40. The molecule has 1 aromatic carbocycles. The van der Waals surface area contributed by atoms with E-state index in [0.717, 1.165) is 5.56 Å². The van der Waals surface area contributed by atoms with Gasteiger partial charge in [0.1, 0.15) is 19.1 Å². The molecule has 0 aliphatic carbocycles. The summed E-state index contributed by atoms with van der Waals surface area (Å²) in [7, 11) is 0. The predicted octanol–water partition coefficient (Wildman–Crippen LogP) is 2.35. The minimum absolute atomic E-state index is 0.460. The summed E-state index contributed by atoms with van der Waals surface area (Å²) < 4.78 is 30.6. The van der Waals surface area contributed by atoms with Crippen LogP contribution in [0.4, 0.5) is 14.5 Å². The van der Waals surface area contributed by atoms with Gasteiger partial charge in [0.25, 0.3) is 0 Å².